The van der Waals surface area contributed by atoms with Gasteiger partial charge in [-0.2, -0.15) is 0 Å². The van der Waals surface area contributed by atoms with E-state index in [1.807, 2.05) is 18.4 Å². The maximum atomic E-state index is 13.5. The lowest BCUT2D eigenvalue weighted by Gasteiger charge is -2.11. The van der Waals surface area contributed by atoms with Crippen molar-refractivity contribution in [2.24, 2.45) is 0 Å². The highest BCUT2D eigenvalue weighted by Crippen LogP contribution is 2.35. The van der Waals surface area contributed by atoms with E-state index in [4.69, 9.17) is 10.1 Å². The molecule has 2 rings (SSSR count). The molecule has 130 valence electrons. The van der Waals surface area contributed by atoms with Crippen LogP contribution in [0.3, 0.4) is 0 Å². The zero-order valence-corrected chi connectivity index (χ0v) is 14.7. The first-order valence-corrected chi connectivity index (χ1v) is 8.73. The summed E-state index contributed by atoms with van der Waals surface area (Å²) >= 11 is 1.30. The third kappa shape index (κ3) is 4.45. The Balaban J connectivity index is 2.47. The van der Waals surface area contributed by atoms with E-state index >= 15 is 0 Å². The van der Waals surface area contributed by atoms with E-state index in [9.17, 15) is 8.78 Å². The number of halogens is 2. The molecule has 24 heavy (non-hydrogen) atoms. The van der Waals surface area contributed by atoms with Gasteiger partial charge in [-0.05, 0) is 24.5 Å². The van der Waals surface area contributed by atoms with Gasteiger partial charge in [0.25, 0.3) is 0 Å². The Labute approximate surface area is 145 Å². The van der Waals surface area contributed by atoms with Crippen molar-refractivity contribution in [1.82, 2.24) is 9.55 Å². The van der Waals surface area contributed by atoms with Crippen LogP contribution >= 0.6 is 11.8 Å². The Morgan fingerprint density at radius 1 is 1.29 bits per heavy atom. The van der Waals surface area contributed by atoms with E-state index in [0.717, 1.165) is 22.6 Å². The molecule has 0 fully saturated rings. The van der Waals surface area contributed by atoms with E-state index in [-0.39, 0.29) is 12.5 Å². The predicted molar refractivity (Wildman–Crippen MR) is 92.4 cm³/mol. The highest BCUT2D eigenvalue weighted by Gasteiger charge is 2.20. The second kappa shape index (κ2) is 8.44. The van der Waals surface area contributed by atoms with Crippen LogP contribution in [-0.4, -0.2) is 21.3 Å². The number of benzene rings is 1. The monoisotopic (exact) mass is 352 g/mol. The Hall–Kier alpha value is -1.66. The number of rotatable bonds is 8. The number of allylic oxidation sites excluding steroid dienone is 1. The van der Waals surface area contributed by atoms with E-state index < -0.39 is 11.6 Å². The third-order valence-electron chi connectivity index (χ3n) is 3.49. The van der Waals surface area contributed by atoms with Gasteiger partial charge in [-0.3, -0.25) is 0 Å². The van der Waals surface area contributed by atoms with E-state index in [2.05, 4.69) is 6.58 Å². The van der Waals surface area contributed by atoms with Gasteiger partial charge in [0.2, 0.25) is 0 Å². The van der Waals surface area contributed by atoms with Gasteiger partial charge in [0, 0.05) is 30.5 Å². The first-order chi connectivity index (χ1) is 11.5. The van der Waals surface area contributed by atoms with Gasteiger partial charge < -0.3 is 9.67 Å². The summed E-state index contributed by atoms with van der Waals surface area (Å²) in [4.78, 5) is 5.20. The summed E-state index contributed by atoms with van der Waals surface area (Å²) in [6, 6.07) is 3.49. The zero-order valence-electron chi connectivity index (χ0n) is 13.9. The van der Waals surface area contributed by atoms with Crippen LogP contribution in [0.25, 0.3) is 0 Å². The number of hydrogen-bond acceptors (Lipinski definition) is 3. The molecule has 0 amide bonds. The largest absolute Gasteiger partial charge is 0.396 e. The summed E-state index contributed by atoms with van der Waals surface area (Å²) in [6.45, 7) is 8.50. The fraction of sp³-hybridized carbons (Fsp3) is 0.389. The number of imidazole rings is 1. The van der Waals surface area contributed by atoms with Gasteiger partial charge in [-0.1, -0.05) is 31.7 Å². The second-order valence-electron chi connectivity index (χ2n) is 5.81. The van der Waals surface area contributed by atoms with Crippen molar-refractivity contribution < 1.29 is 13.9 Å². The molecular formula is C18H22F2N2OS. The Morgan fingerprint density at radius 2 is 1.96 bits per heavy atom. The molecule has 0 bridgehead atoms. The number of aliphatic hydroxyl groups is 1. The van der Waals surface area contributed by atoms with Crippen molar-refractivity contribution >= 4 is 11.8 Å². The van der Waals surface area contributed by atoms with E-state index in [0.29, 0.717) is 24.3 Å². The summed E-state index contributed by atoms with van der Waals surface area (Å²) in [5.74, 6) is -0.172. The van der Waals surface area contributed by atoms with Crippen LogP contribution in [0.4, 0.5) is 8.78 Å². The van der Waals surface area contributed by atoms with Crippen LogP contribution in [0.15, 0.2) is 40.8 Å². The van der Waals surface area contributed by atoms with Crippen molar-refractivity contribution in [3.05, 3.63) is 54.0 Å². The maximum Gasteiger partial charge on any atom is 0.127 e. The molecule has 2 aromatic rings. The fourth-order valence-corrected chi connectivity index (χ4v) is 3.67. The number of hydrogen-bond donors (Lipinski definition) is 1. The minimum atomic E-state index is -0.598. The minimum absolute atomic E-state index is 0.0928. The van der Waals surface area contributed by atoms with Crippen molar-refractivity contribution in [2.45, 2.75) is 49.1 Å². The first-order valence-electron chi connectivity index (χ1n) is 7.91. The van der Waals surface area contributed by atoms with Gasteiger partial charge in [-0.25, -0.2) is 13.8 Å². The van der Waals surface area contributed by atoms with Crippen LogP contribution < -0.4 is 0 Å². The molecule has 0 radical (unpaired) electrons. The lowest BCUT2D eigenvalue weighted by Crippen LogP contribution is -2.05. The normalized spacial score (nSPS) is 11.2. The Bertz CT molecular complexity index is 693. The van der Waals surface area contributed by atoms with Crippen LogP contribution in [0, 0.1) is 11.6 Å². The summed E-state index contributed by atoms with van der Waals surface area (Å²) < 4.78 is 29.0. The van der Waals surface area contributed by atoms with Crippen LogP contribution in [0.5, 0.6) is 0 Å². The first kappa shape index (κ1) is 18.7. The fourth-order valence-electron chi connectivity index (χ4n) is 2.43. The molecule has 0 atom stereocenters. The topological polar surface area (TPSA) is 38.0 Å². The molecule has 0 aliphatic carbocycles. The molecular weight excluding hydrogens is 330 g/mol. The van der Waals surface area contributed by atoms with Crippen LogP contribution in [-0.2, 0) is 13.0 Å². The van der Waals surface area contributed by atoms with Gasteiger partial charge >= 0.3 is 0 Å². The molecule has 0 saturated heterocycles. The van der Waals surface area contributed by atoms with Crippen LogP contribution in [0.2, 0.25) is 0 Å². The Kier molecular flexibility index (Phi) is 6.57. The van der Waals surface area contributed by atoms with Gasteiger partial charge in [-0.15, -0.1) is 6.58 Å². The van der Waals surface area contributed by atoms with Crippen molar-refractivity contribution in [1.29, 1.82) is 0 Å². The third-order valence-corrected chi connectivity index (χ3v) is 4.59. The molecule has 0 aliphatic heterocycles. The van der Waals surface area contributed by atoms with Crippen molar-refractivity contribution in [3.8, 4) is 0 Å². The average Bonchev–Trinajstić information content (AvgIpc) is 2.83. The average molecular weight is 352 g/mol. The number of nitrogens with zero attached hydrogens (tertiary/aromatic N) is 2. The zero-order chi connectivity index (χ0) is 17.7. The molecule has 6 heteroatoms. The SMILES string of the molecule is C=CCn1c(CCCO)nc(C(C)C)c1Sc1cc(F)cc(F)c1. The lowest BCUT2D eigenvalue weighted by atomic mass is 10.1. The standard InChI is InChI=1S/C18H22F2N2OS/c1-4-7-22-16(6-5-8-23)21-17(12(2)3)18(22)24-15-10-13(19)9-14(20)11-15/h4,9-12,23H,1,5-8H2,2-3H3. The van der Waals surface area contributed by atoms with Gasteiger partial charge in [0.05, 0.1) is 5.69 Å². The molecule has 0 saturated carbocycles. The summed E-state index contributed by atoms with van der Waals surface area (Å²) in [6.07, 6.45) is 3.02. The minimum Gasteiger partial charge on any atom is -0.396 e. The highest BCUT2D eigenvalue weighted by molar-refractivity contribution is 7.99. The van der Waals surface area contributed by atoms with E-state index in [1.165, 1.54) is 23.9 Å². The van der Waals surface area contributed by atoms with Gasteiger partial charge in [0.15, 0.2) is 0 Å². The molecule has 1 aromatic heterocycles. The maximum absolute atomic E-state index is 13.5. The molecule has 3 nitrogen and oxygen atoms in total. The van der Waals surface area contributed by atoms with Crippen molar-refractivity contribution in [2.75, 3.05) is 6.61 Å². The number of aromatic nitrogens is 2. The van der Waals surface area contributed by atoms with E-state index in [1.54, 1.807) is 6.08 Å². The summed E-state index contributed by atoms with van der Waals surface area (Å²) in [5.41, 5.74) is 0.888. The number of aliphatic hydroxyl groups excluding tert-OH is 1. The second-order valence-corrected chi connectivity index (χ2v) is 6.87. The molecule has 1 aromatic carbocycles. The molecule has 1 heterocycles. The molecule has 1 N–H and O–H groups in total. The molecule has 0 unspecified atom stereocenters. The Morgan fingerprint density at radius 3 is 2.50 bits per heavy atom. The van der Waals surface area contributed by atoms with Crippen molar-refractivity contribution in [3.63, 3.8) is 0 Å². The smallest absolute Gasteiger partial charge is 0.127 e. The molecule has 0 aliphatic rings. The molecule has 0 spiro atoms. The summed E-state index contributed by atoms with van der Waals surface area (Å²) in [5, 5.41) is 9.95. The summed E-state index contributed by atoms with van der Waals surface area (Å²) in [7, 11) is 0. The van der Waals surface area contributed by atoms with Gasteiger partial charge in [0.1, 0.15) is 22.5 Å². The quantitative estimate of drug-likeness (QED) is 0.709. The predicted octanol–water partition coefficient (Wildman–Crippen LogP) is 4.55. The highest BCUT2D eigenvalue weighted by atomic mass is 32.2. The lowest BCUT2D eigenvalue weighted by molar-refractivity contribution is 0.287. The number of aryl methyl sites for hydroxylation is 1. The van der Waals surface area contributed by atoms with Crippen LogP contribution in [0.1, 0.15) is 37.7 Å².